The first kappa shape index (κ1) is 16.5. The fourth-order valence-electron chi connectivity index (χ4n) is 2.35. The van der Waals surface area contributed by atoms with Gasteiger partial charge in [-0.15, -0.1) is 0 Å². The van der Waals surface area contributed by atoms with Crippen LogP contribution in [-0.2, 0) is 6.42 Å². The van der Waals surface area contributed by atoms with Gasteiger partial charge in [-0.1, -0.05) is 41.9 Å². The van der Waals surface area contributed by atoms with E-state index in [1.54, 1.807) is 0 Å². The van der Waals surface area contributed by atoms with Crippen LogP contribution in [0.15, 0.2) is 48.5 Å². The molecule has 0 fully saturated rings. The molecule has 0 saturated heterocycles. The van der Waals surface area contributed by atoms with Gasteiger partial charge < -0.3 is 10.6 Å². The van der Waals surface area contributed by atoms with E-state index < -0.39 is 0 Å². The molecule has 1 amide bonds. The van der Waals surface area contributed by atoms with Crippen molar-refractivity contribution in [3.63, 3.8) is 0 Å². The molecule has 1 unspecified atom stereocenters. The molecule has 116 valence electrons. The van der Waals surface area contributed by atoms with Gasteiger partial charge in [0.15, 0.2) is 0 Å². The normalized spacial score (nSPS) is 12.0. The molecule has 22 heavy (non-hydrogen) atoms. The Bertz CT molecular complexity index is 642. The summed E-state index contributed by atoms with van der Waals surface area (Å²) in [6.45, 7) is 2.80. The number of carbonyl (C=O) groups is 1. The highest BCUT2D eigenvalue weighted by molar-refractivity contribution is 6.30. The van der Waals surface area contributed by atoms with Crippen LogP contribution in [0.2, 0.25) is 5.02 Å². The van der Waals surface area contributed by atoms with Crippen molar-refractivity contribution in [1.82, 2.24) is 10.6 Å². The Morgan fingerprint density at radius 1 is 1.18 bits per heavy atom. The Kier molecular flexibility index (Phi) is 5.99. The number of hydrogen-bond acceptors (Lipinski definition) is 2. The lowest BCUT2D eigenvalue weighted by Crippen LogP contribution is -2.28. The third-order valence-electron chi connectivity index (χ3n) is 3.60. The highest BCUT2D eigenvalue weighted by atomic mass is 35.5. The van der Waals surface area contributed by atoms with Crippen molar-refractivity contribution >= 4 is 17.5 Å². The lowest BCUT2D eigenvalue weighted by molar-refractivity contribution is 0.0939. The second-order valence-corrected chi connectivity index (χ2v) is 5.70. The molecule has 0 saturated carbocycles. The van der Waals surface area contributed by atoms with E-state index in [0.717, 1.165) is 29.7 Å². The van der Waals surface area contributed by atoms with Gasteiger partial charge >= 0.3 is 0 Å². The Morgan fingerprint density at radius 3 is 2.68 bits per heavy atom. The zero-order chi connectivity index (χ0) is 15.9. The summed E-state index contributed by atoms with van der Waals surface area (Å²) >= 11 is 6.01. The Labute approximate surface area is 136 Å². The van der Waals surface area contributed by atoms with E-state index in [2.05, 4.69) is 10.6 Å². The SMILES string of the molecule is CNCCc1ccccc1C(=O)NC(C)c1cccc(Cl)c1. The van der Waals surface area contributed by atoms with E-state index in [4.69, 9.17) is 11.6 Å². The van der Waals surface area contributed by atoms with Crippen LogP contribution in [0.1, 0.15) is 34.5 Å². The molecule has 1 atom stereocenters. The lowest BCUT2D eigenvalue weighted by atomic mass is 10.0. The zero-order valence-corrected chi connectivity index (χ0v) is 13.7. The van der Waals surface area contributed by atoms with Crippen molar-refractivity contribution in [2.75, 3.05) is 13.6 Å². The monoisotopic (exact) mass is 316 g/mol. The molecule has 2 aromatic carbocycles. The Balaban J connectivity index is 2.12. The van der Waals surface area contributed by atoms with E-state index in [-0.39, 0.29) is 11.9 Å². The maximum Gasteiger partial charge on any atom is 0.252 e. The standard InChI is InChI=1S/C18H21ClN2O/c1-13(15-7-5-8-16(19)12-15)21-18(22)17-9-4-3-6-14(17)10-11-20-2/h3-9,12-13,20H,10-11H2,1-2H3,(H,21,22). The van der Waals surface area contributed by atoms with Crippen LogP contribution in [0.5, 0.6) is 0 Å². The van der Waals surface area contributed by atoms with Crippen molar-refractivity contribution in [1.29, 1.82) is 0 Å². The van der Waals surface area contributed by atoms with E-state index in [1.165, 1.54) is 0 Å². The van der Waals surface area contributed by atoms with Crippen LogP contribution in [0.3, 0.4) is 0 Å². The molecule has 0 spiro atoms. The molecule has 2 aromatic rings. The first-order valence-electron chi connectivity index (χ1n) is 7.40. The number of amides is 1. The molecule has 0 radical (unpaired) electrons. The Morgan fingerprint density at radius 2 is 1.95 bits per heavy atom. The number of nitrogens with one attached hydrogen (secondary N) is 2. The molecule has 4 heteroatoms. The second-order valence-electron chi connectivity index (χ2n) is 5.26. The molecule has 0 aliphatic rings. The third-order valence-corrected chi connectivity index (χ3v) is 3.84. The molecule has 0 bridgehead atoms. The number of likely N-dealkylation sites (N-methyl/N-ethyl adjacent to an activating group) is 1. The molecule has 0 aliphatic heterocycles. The number of hydrogen-bond donors (Lipinski definition) is 2. The van der Waals surface area contributed by atoms with Crippen LogP contribution >= 0.6 is 11.6 Å². The van der Waals surface area contributed by atoms with Gasteiger partial charge in [-0.3, -0.25) is 4.79 Å². The summed E-state index contributed by atoms with van der Waals surface area (Å²) in [6.07, 6.45) is 0.825. The average molecular weight is 317 g/mol. The fraction of sp³-hybridized carbons (Fsp3) is 0.278. The number of halogens is 1. The summed E-state index contributed by atoms with van der Waals surface area (Å²) in [5, 5.41) is 6.82. The van der Waals surface area contributed by atoms with Gasteiger partial charge in [0, 0.05) is 10.6 Å². The topological polar surface area (TPSA) is 41.1 Å². The average Bonchev–Trinajstić information content (AvgIpc) is 2.53. The van der Waals surface area contributed by atoms with Gasteiger partial charge in [-0.2, -0.15) is 0 Å². The molecule has 0 heterocycles. The summed E-state index contributed by atoms with van der Waals surface area (Å²) < 4.78 is 0. The van der Waals surface area contributed by atoms with Gasteiger partial charge in [-0.05, 0) is 56.3 Å². The van der Waals surface area contributed by atoms with Gasteiger partial charge in [0.1, 0.15) is 0 Å². The summed E-state index contributed by atoms with van der Waals surface area (Å²) in [4.78, 5) is 12.5. The van der Waals surface area contributed by atoms with Gasteiger partial charge in [0.05, 0.1) is 6.04 Å². The maximum absolute atomic E-state index is 12.5. The van der Waals surface area contributed by atoms with Crippen LogP contribution in [0.25, 0.3) is 0 Å². The molecule has 3 nitrogen and oxygen atoms in total. The van der Waals surface area contributed by atoms with Crippen molar-refractivity contribution in [3.05, 3.63) is 70.2 Å². The highest BCUT2D eigenvalue weighted by Gasteiger charge is 2.14. The van der Waals surface area contributed by atoms with Crippen LogP contribution in [0, 0.1) is 0 Å². The summed E-state index contributed by atoms with van der Waals surface area (Å²) in [6, 6.07) is 15.2. The van der Waals surface area contributed by atoms with E-state index >= 15 is 0 Å². The van der Waals surface area contributed by atoms with Crippen LogP contribution < -0.4 is 10.6 Å². The van der Waals surface area contributed by atoms with Gasteiger partial charge in [-0.25, -0.2) is 0 Å². The number of carbonyl (C=O) groups excluding carboxylic acids is 1. The van der Waals surface area contributed by atoms with Crippen molar-refractivity contribution < 1.29 is 4.79 Å². The fourth-order valence-corrected chi connectivity index (χ4v) is 2.55. The van der Waals surface area contributed by atoms with Crippen molar-refractivity contribution in [2.24, 2.45) is 0 Å². The number of rotatable bonds is 6. The van der Waals surface area contributed by atoms with E-state index in [1.807, 2.05) is 62.5 Å². The van der Waals surface area contributed by atoms with Crippen molar-refractivity contribution in [3.8, 4) is 0 Å². The summed E-state index contributed by atoms with van der Waals surface area (Å²) in [5.74, 6) is -0.0563. The minimum Gasteiger partial charge on any atom is -0.346 e. The zero-order valence-electron chi connectivity index (χ0n) is 12.9. The first-order valence-corrected chi connectivity index (χ1v) is 7.78. The second kappa shape index (κ2) is 7.97. The van der Waals surface area contributed by atoms with Crippen molar-refractivity contribution in [2.45, 2.75) is 19.4 Å². The van der Waals surface area contributed by atoms with E-state index in [9.17, 15) is 4.79 Å². The molecular weight excluding hydrogens is 296 g/mol. The van der Waals surface area contributed by atoms with Gasteiger partial charge in [0.25, 0.3) is 5.91 Å². The minimum absolute atomic E-state index is 0.0563. The molecule has 0 aliphatic carbocycles. The Hall–Kier alpha value is -1.84. The molecule has 2 N–H and O–H groups in total. The molecular formula is C18H21ClN2O. The summed E-state index contributed by atoms with van der Waals surface area (Å²) in [5.41, 5.74) is 2.77. The smallest absolute Gasteiger partial charge is 0.252 e. The highest BCUT2D eigenvalue weighted by Crippen LogP contribution is 2.18. The maximum atomic E-state index is 12.5. The largest absolute Gasteiger partial charge is 0.346 e. The first-order chi connectivity index (χ1) is 10.6. The predicted molar refractivity (Wildman–Crippen MR) is 91.4 cm³/mol. The van der Waals surface area contributed by atoms with E-state index in [0.29, 0.717) is 5.02 Å². The summed E-state index contributed by atoms with van der Waals surface area (Å²) in [7, 11) is 1.91. The molecule has 2 rings (SSSR count). The molecule has 0 aromatic heterocycles. The minimum atomic E-state index is -0.0939. The van der Waals surface area contributed by atoms with Crippen LogP contribution in [-0.4, -0.2) is 19.5 Å². The predicted octanol–water partition coefficient (Wildman–Crippen LogP) is 3.59. The van der Waals surface area contributed by atoms with Crippen LogP contribution in [0.4, 0.5) is 0 Å². The van der Waals surface area contributed by atoms with Gasteiger partial charge in [0.2, 0.25) is 0 Å². The third kappa shape index (κ3) is 4.33. The quantitative estimate of drug-likeness (QED) is 0.855. The lowest BCUT2D eigenvalue weighted by Gasteiger charge is -2.16. The number of benzene rings is 2.